The van der Waals surface area contributed by atoms with E-state index in [1.54, 1.807) is 0 Å². The van der Waals surface area contributed by atoms with Crippen molar-refractivity contribution in [1.29, 1.82) is 0 Å². The van der Waals surface area contributed by atoms with E-state index in [-0.39, 0.29) is 0 Å². The highest BCUT2D eigenvalue weighted by Gasteiger charge is 2.23. The molecule has 1 aromatic heterocycles. The first kappa shape index (κ1) is 12.6. The van der Waals surface area contributed by atoms with Crippen molar-refractivity contribution in [1.82, 2.24) is 15.3 Å². The zero-order valence-electron chi connectivity index (χ0n) is 11.1. The maximum absolute atomic E-state index is 4.53. The lowest BCUT2D eigenvalue weighted by atomic mass is 9.80. The molecule has 0 radical (unpaired) electrons. The number of hydrogen-bond donors (Lipinski definition) is 2. The molecule has 0 saturated heterocycles. The number of aromatic nitrogens is 2. The lowest BCUT2D eigenvalue weighted by Gasteiger charge is -2.27. The fourth-order valence-corrected chi connectivity index (χ4v) is 3.00. The van der Waals surface area contributed by atoms with E-state index < -0.39 is 0 Å². The number of aromatic amines is 1. The molecular formula is C14H25N3. The summed E-state index contributed by atoms with van der Waals surface area (Å²) >= 11 is 0. The molecule has 96 valence electrons. The van der Waals surface area contributed by atoms with Gasteiger partial charge in [0.2, 0.25) is 0 Å². The zero-order valence-corrected chi connectivity index (χ0v) is 11.1. The molecule has 0 amide bonds. The van der Waals surface area contributed by atoms with Crippen LogP contribution in [0.2, 0.25) is 0 Å². The van der Waals surface area contributed by atoms with Gasteiger partial charge in [-0.1, -0.05) is 19.8 Å². The van der Waals surface area contributed by atoms with Gasteiger partial charge in [0.05, 0.1) is 0 Å². The Balaban J connectivity index is 1.86. The van der Waals surface area contributed by atoms with Crippen molar-refractivity contribution in [2.45, 2.75) is 57.9 Å². The Labute approximate surface area is 104 Å². The van der Waals surface area contributed by atoms with E-state index in [1.807, 2.05) is 13.2 Å². The Kier molecular flexibility index (Phi) is 4.60. The third kappa shape index (κ3) is 3.32. The van der Waals surface area contributed by atoms with Crippen molar-refractivity contribution in [3.05, 3.63) is 17.7 Å². The average Bonchev–Trinajstić information content (AvgIpc) is 2.80. The minimum atomic E-state index is 0.675. The van der Waals surface area contributed by atoms with E-state index in [0.717, 1.165) is 12.5 Å². The van der Waals surface area contributed by atoms with Crippen LogP contribution in [0.3, 0.4) is 0 Å². The summed E-state index contributed by atoms with van der Waals surface area (Å²) in [6.45, 7) is 3.18. The van der Waals surface area contributed by atoms with Gasteiger partial charge in [-0.3, -0.25) is 0 Å². The minimum Gasteiger partial charge on any atom is -0.345 e. The number of nitrogens with one attached hydrogen (secondary N) is 2. The predicted octanol–water partition coefficient (Wildman–Crippen LogP) is 3.20. The monoisotopic (exact) mass is 235 g/mol. The molecule has 0 bridgehead atoms. The molecule has 1 aromatic rings. The molecule has 17 heavy (non-hydrogen) atoms. The molecule has 1 saturated carbocycles. The number of hydrogen-bond acceptors (Lipinski definition) is 2. The van der Waals surface area contributed by atoms with Crippen LogP contribution < -0.4 is 5.32 Å². The second-order valence-corrected chi connectivity index (χ2v) is 5.33. The van der Waals surface area contributed by atoms with Crippen LogP contribution in [0.4, 0.5) is 0 Å². The van der Waals surface area contributed by atoms with Crippen LogP contribution in [0, 0.1) is 5.92 Å². The second-order valence-electron chi connectivity index (χ2n) is 5.33. The van der Waals surface area contributed by atoms with Gasteiger partial charge in [-0.2, -0.15) is 0 Å². The van der Waals surface area contributed by atoms with Crippen molar-refractivity contribution >= 4 is 0 Å². The molecule has 0 spiro atoms. The maximum Gasteiger partial charge on any atom is 0.109 e. The smallest absolute Gasteiger partial charge is 0.109 e. The van der Waals surface area contributed by atoms with Crippen LogP contribution in [0.15, 0.2) is 6.20 Å². The van der Waals surface area contributed by atoms with Crippen LogP contribution in [0.1, 0.15) is 62.9 Å². The number of rotatable bonds is 5. The minimum absolute atomic E-state index is 0.675. The topological polar surface area (TPSA) is 40.7 Å². The molecule has 1 aliphatic rings. The Morgan fingerprint density at radius 2 is 2.12 bits per heavy atom. The summed E-state index contributed by atoms with van der Waals surface area (Å²) in [5.41, 5.74) is 1.21. The Bertz CT molecular complexity index is 324. The van der Waals surface area contributed by atoms with Gasteiger partial charge in [0.25, 0.3) is 0 Å². The molecule has 2 N–H and O–H groups in total. The summed E-state index contributed by atoms with van der Waals surface area (Å²) in [7, 11) is 1.97. The van der Waals surface area contributed by atoms with Crippen LogP contribution >= 0.6 is 0 Å². The third-order valence-corrected chi connectivity index (χ3v) is 3.95. The number of nitrogens with zero attached hydrogens (tertiary/aromatic N) is 1. The zero-order chi connectivity index (χ0) is 12.1. The Morgan fingerprint density at radius 3 is 2.76 bits per heavy atom. The second kappa shape index (κ2) is 6.20. The molecule has 1 heterocycles. The van der Waals surface area contributed by atoms with Crippen LogP contribution in [0.25, 0.3) is 0 Å². The summed E-state index contributed by atoms with van der Waals surface area (Å²) in [6, 6.07) is 0. The molecule has 0 aromatic carbocycles. The van der Waals surface area contributed by atoms with Crippen molar-refractivity contribution in [3.8, 4) is 0 Å². The van der Waals surface area contributed by atoms with Gasteiger partial charge < -0.3 is 10.3 Å². The van der Waals surface area contributed by atoms with Crippen molar-refractivity contribution in [2.75, 3.05) is 7.05 Å². The van der Waals surface area contributed by atoms with Gasteiger partial charge >= 0.3 is 0 Å². The van der Waals surface area contributed by atoms with E-state index >= 15 is 0 Å². The highest BCUT2D eigenvalue weighted by molar-refractivity contribution is 5.06. The quantitative estimate of drug-likeness (QED) is 0.823. The Hall–Kier alpha value is -0.830. The third-order valence-electron chi connectivity index (χ3n) is 3.95. The largest absolute Gasteiger partial charge is 0.345 e. The molecule has 2 rings (SSSR count). The van der Waals surface area contributed by atoms with Crippen molar-refractivity contribution in [2.24, 2.45) is 5.92 Å². The molecular weight excluding hydrogens is 210 g/mol. The van der Waals surface area contributed by atoms with Crippen molar-refractivity contribution < 1.29 is 0 Å². The van der Waals surface area contributed by atoms with Gasteiger partial charge in [0.15, 0.2) is 0 Å². The summed E-state index contributed by atoms with van der Waals surface area (Å²) in [5, 5.41) is 3.15. The summed E-state index contributed by atoms with van der Waals surface area (Å²) < 4.78 is 0. The van der Waals surface area contributed by atoms with E-state index in [9.17, 15) is 0 Å². The van der Waals surface area contributed by atoms with Gasteiger partial charge in [0, 0.05) is 24.4 Å². The first-order valence-corrected chi connectivity index (χ1v) is 7.01. The van der Waals surface area contributed by atoms with Gasteiger partial charge in [-0.05, 0) is 38.6 Å². The summed E-state index contributed by atoms with van der Waals surface area (Å²) in [4.78, 5) is 7.99. The van der Waals surface area contributed by atoms with E-state index in [0.29, 0.717) is 5.92 Å². The predicted molar refractivity (Wildman–Crippen MR) is 71.0 cm³/mol. The molecule has 0 aliphatic heterocycles. The summed E-state index contributed by atoms with van der Waals surface area (Å²) in [5.74, 6) is 2.86. The molecule has 1 fully saturated rings. The number of H-pyrrole nitrogens is 1. The lowest BCUT2D eigenvalue weighted by molar-refractivity contribution is 0.303. The molecule has 3 nitrogen and oxygen atoms in total. The molecule has 1 aliphatic carbocycles. The van der Waals surface area contributed by atoms with Crippen LogP contribution in [-0.2, 0) is 6.54 Å². The molecule has 3 heteroatoms. The first-order chi connectivity index (χ1) is 8.33. The van der Waals surface area contributed by atoms with Crippen LogP contribution in [0.5, 0.6) is 0 Å². The molecule has 0 atom stereocenters. The summed E-state index contributed by atoms with van der Waals surface area (Å²) in [6.07, 6.45) is 10.1. The normalized spacial score (nSPS) is 25.1. The van der Waals surface area contributed by atoms with Gasteiger partial charge in [-0.25, -0.2) is 4.98 Å². The fraction of sp³-hybridized carbons (Fsp3) is 0.786. The van der Waals surface area contributed by atoms with Gasteiger partial charge in [-0.15, -0.1) is 0 Å². The first-order valence-electron chi connectivity index (χ1n) is 7.01. The SMILES string of the molecule is CCCC1CCC(c2ncc(CNC)[nH]2)CC1. The molecule has 0 unspecified atom stereocenters. The van der Waals surface area contributed by atoms with Gasteiger partial charge in [0.1, 0.15) is 5.82 Å². The van der Waals surface area contributed by atoms with E-state index in [4.69, 9.17) is 0 Å². The van der Waals surface area contributed by atoms with E-state index in [1.165, 1.54) is 50.0 Å². The average molecular weight is 235 g/mol. The highest BCUT2D eigenvalue weighted by atomic mass is 15.0. The maximum atomic E-state index is 4.53. The van der Waals surface area contributed by atoms with Crippen LogP contribution in [-0.4, -0.2) is 17.0 Å². The fourth-order valence-electron chi connectivity index (χ4n) is 3.00. The number of imidazole rings is 1. The standard InChI is InChI=1S/C14H25N3/c1-3-4-11-5-7-12(8-6-11)14-16-10-13(17-14)9-15-2/h10-12,15H,3-9H2,1-2H3,(H,16,17). The van der Waals surface area contributed by atoms with E-state index in [2.05, 4.69) is 22.2 Å². The highest BCUT2D eigenvalue weighted by Crippen LogP contribution is 2.36. The lowest BCUT2D eigenvalue weighted by Crippen LogP contribution is -2.14. The van der Waals surface area contributed by atoms with Crippen molar-refractivity contribution in [3.63, 3.8) is 0 Å². The Morgan fingerprint density at radius 1 is 1.35 bits per heavy atom.